The Morgan fingerprint density at radius 2 is 2.00 bits per heavy atom. The van der Waals surface area contributed by atoms with Crippen LogP contribution in [0.2, 0.25) is 0 Å². The monoisotopic (exact) mass is 227 g/mol. The van der Waals surface area contributed by atoms with Crippen molar-refractivity contribution in [1.82, 2.24) is 0 Å². The van der Waals surface area contributed by atoms with E-state index in [0.717, 1.165) is 19.4 Å². The average molecular weight is 227 g/mol. The molecule has 0 unspecified atom stereocenters. The highest BCUT2D eigenvalue weighted by molar-refractivity contribution is 5.69. The number of fused-ring (bicyclic) bond motifs is 1. The largest absolute Gasteiger partial charge is 0.345 e. The van der Waals surface area contributed by atoms with Crippen molar-refractivity contribution in [2.75, 3.05) is 11.4 Å². The predicted octanol–water partition coefficient (Wildman–Crippen LogP) is 4.26. The number of para-hydroxylation sites is 1. The highest BCUT2D eigenvalue weighted by Crippen LogP contribution is 2.46. The van der Waals surface area contributed by atoms with Crippen LogP contribution in [0.15, 0.2) is 49.2 Å². The van der Waals surface area contributed by atoms with Gasteiger partial charge in [-0.15, -0.1) is 6.58 Å². The number of allylic oxidation sites excluding steroid dienone is 2. The fraction of sp³-hybridized carbons (Fsp3) is 0.375. The van der Waals surface area contributed by atoms with Crippen molar-refractivity contribution >= 4 is 5.69 Å². The SMILES string of the molecule is C=CCCCN1C(=C)C(C)(C)c2ccccc21. The molecule has 1 aromatic rings. The first-order valence-corrected chi connectivity index (χ1v) is 6.26. The van der Waals surface area contributed by atoms with Crippen LogP contribution >= 0.6 is 0 Å². The first kappa shape index (κ1) is 12.0. The summed E-state index contributed by atoms with van der Waals surface area (Å²) in [5.41, 5.74) is 3.99. The molecule has 1 heterocycles. The van der Waals surface area contributed by atoms with Crippen molar-refractivity contribution < 1.29 is 0 Å². The molecule has 1 aromatic carbocycles. The van der Waals surface area contributed by atoms with Gasteiger partial charge in [0.2, 0.25) is 0 Å². The number of hydrogen-bond donors (Lipinski definition) is 0. The Labute approximate surface area is 104 Å². The number of nitrogens with zero attached hydrogens (tertiary/aromatic N) is 1. The van der Waals surface area contributed by atoms with Gasteiger partial charge in [-0.3, -0.25) is 0 Å². The van der Waals surface area contributed by atoms with E-state index in [9.17, 15) is 0 Å². The molecule has 2 rings (SSSR count). The molecule has 0 atom stereocenters. The number of hydrogen-bond acceptors (Lipinski definition) is 1. The first-order chi connectivity index (χ1) is 8.09. The van der Waals surface area contributed by atoms with Gasteiger partial charge in [0, 0.05) is 23.3 Å². The predicted molar refractivity (Wildman–Crippen MR) is 75.4 cm³/mol. The van der Waals surface area contributed by atoms with E-state index in [1.54, 1.807) is 0 Å². The smallest absolute Gasteiger partial charge is 0.0450 e. The molecule has 1 nitrogen and oxygen atoms in total. The molecule has 0 spiro atoms. The lowest BCUT2D eigenvalue weighted by Gasteiger charge is -2.25. The highest BCUT2D eigenvalue weighted by atomic mass is 15.2. The van der Waals surface area contributed by atoms with Gasteiger partial charge in [0.1, 0.15) is 0 Å². The Morgan fingerprint density at radius 3 is 2.71 bits per heavy atom. The third-order valence-corrected chi connectivity index (χ3v) is 3.71. The van der Waals surface area contributed by atoms with Crippen LogP contribution in [0.5, 0.6) is 0 Å². The van der Waals surface area contributed by atoms with Crippen molar-refractivity contribution in [3.8, 4) is 0 Å². The standard InChI is InChI=1S/C16H21N/c1-5-6-9-12-17-13(2)16(3,4)14-10-7-8-11-15(14)17/h5,7-8,10-11H,1-2,6,9,12H2,3-4H3. The minimum atomic E-state index is 0.0603. The molecule has 1 aliphatic rings. The van der Waals surface area contributed by atoms with Gasteiger partial charge in [-0.25, -0.2) is 0 Å². The summed E-state index contributed by atoms with van der Waals surface area (Å²) in [5, 5.41) is 0. The van der Waals surface area contributed by atoms with E-state index < -0.39 is 0 Å². The second-order valence-electron chi connectivity index (χ2n) is 5.17. The Kier molecular flexibility index (Phi) is 3.10. The molecule has 0 aliphatic carbocycles. The highest BCUT2D eigenvalue weighted by Gasteiger charge is 2.37. The Bertz CT molecular complexity index is 443. The van der Waals surface area contributed by atoms with Crippen molar-refractivity contribution in [1.29, 1.82) is 0 Å². The van der Waals surface area contributed by atoms with Crippen molar-refractivity contribution in [2.24, 2.45) is 0 Å². The van der Waals surface area contributed by atoms with Crippen LogP contribution < -0.4 is 4.90 Å². The summed E-state index contributed by atoms with van der Waals surface area (Å²) in [6.45, 7) is 13.6. The molecular weight excluding hydrogens is 206 g/mol. The third-order valence-electron chi connectivity index (χ3n) is 3.71. The molecule has 17 heavy (non-hydrogen) atoms. The van der Waals surface area contributed by atoms with Crippen LogP contribution in [0.25, 0.3) is 0 Å². The maximum atomic E-state index is 4.28. The van der Waals surface area contributed by atoms with E-state index in [0.29, 0.717) is 0 Å². The lowest BCUT2D eigenvalue weighted by molar-refractivity contribution is 0.629. The summed E-state index contributed by atoms with van der Waals surface area (Å²) < 4.78 is 0. The Morgan fingerprint density at radius 1 is 1.29 bits per heavy atom. The number of benzene rings is 1. The molecule has 0 bridgehead atoms. The molecule has 0 N–H and O–H groups in total. The molecule has 0 saturated heterocycles. The summed E-state index contributed by atoms with van der Waals surface area (Å²) in [6, 6.07) is 8.63. The number of anilines is 1. The first-order valence-electron chi connectivity index (χ1n) is 6.26. The normalized spacial score (nSPS) is 17.1. The van der Waals surface area contributed by atoms with Crippen LogP contribution in [-0.2, 0) is 5.41 Å². The van der Waals surface area contributed by atoms with Crippen molar-refractivity contribution in [3.63, 3.8) is 0 Å². The van der Waals surface area contributed by atoms with E-state index in [2.05, 4.69) is 56.2 Å². The molecule has 90 valence electrons. The van der Waals surface area contributed by atoms with Gasteiger partial charge in [-0.2, -0.15) is 0 Å². The van der Waals surface area contributed by atoms with Crippen molar-refractivity contribution in [2.45, 2.75) is 32.1 Å². The van der Waals surface area contributed by atoms with Crippen LogP contribution in [-0.4, -0.2) is 6.54 Å². The van der Waals surface area contributed by atoms with Gasteiger partial charge >= 0.3 is 0 Å². The lowest BCUT2D eigenvalue weighted by atomic mass is 9.84. The summed E-state index contributed by atoms with van der Waals surface area (Å²) in [7, 11) is 0. The van der Waals surface area contributed by atoms with E-state index in [1.807, 2.05) is 6.08 Å². The fourth-order valence-electron chi connectivity index (χ4n) is 2.52. The molecule has 0 amide bonds. The number of unbranched alkanes of at least 4 members (excludes halogenated alkanes) is 1. The zero-order chi connectivity index (χ0) is 12.5. The van der Waals surface area contributed by atoms with E-state index in [1.165, 1.54) is 16.9 Å². The minimum Gasteiger partial charge on any atom is -0.345 e. The molecular formula is C16H21N. The summed E-state index contributed by atoms with van der Waals surface area (Å²) >= 11 is 0. The summed E-state index contributed by atoms with van der Waals surface area (Å²) in [6.07, 6.45) is 4.18. The Hall–Kier alpha value is -1.50. The van der Waals surface area contributed by atoms with E-state index in [-0.39, 0.29) is 5.41 Å². The van der Waals surface area contributed by atoms with Crippen LogP contribution in [0.3, 0.4) is 0 Å². The van der Waals surface area contributed by atoms with Crippen LogP contribution in [0.4, 0.5) is 5.69 Å². The minimum absolute atomic E-state index is 0.0603. The third kappa shape index (κ3) is 1.90. The van der Waals surface area contributed by atoms with Gasteiger partial charge in [0.25, 0.3) is 0 Å². The second kappa shape index (κ2) is 4.40. The molecule has 1 aliphatic heterocycles. The van der Waals surface area contributed by atoms with Gasteiger partial charge in [-0.05, 0) is 24.5 Å². The molecule has 0 aromatic heterocycles. The van der Waals surface area contributed by atoms with E-state index >= 15 is 0 Å². The maximum absolute atomic E-state index is 4.28. The summed E-state index contributed by atoms with van der Waals surface area (Å²) in [4.78, 5) is 2.36. The lowest BCUT2D eigenvalue weighted by Crippen LogP contribution is -2.25. The van der Waals surface area contributed by atoms with Crippen LogP contribution in [0, 0.1) is 0 Å². The summed E-state index contributed by atoms with van der Waals surface area (Å²) in [5.74, 6) is 0. The Balaban J connectivity index is 2.29. The second-order valence-corrected chi connectivity index (χ2v) is 5.17. The quantitative estimate of drug-likeness (QED) is 0.548. The maximum Gasteiger partial charge on any atom is 0.0450 e. The zero-order valence-corrected chi connectivity index (χ0v) is 10.9. The average Bonchev–Trinajstić information content (AvgIpc) is 2.51. The van der Waals surface area contributed by atoms with E-state index in [4.69, 9.17) is 0 Å². The number of rotatable bonds is 4. The zero-order valence-electron chi connectivity index (χ0n) is 10.9. The molecule has 0 fully saturated rings. The fourth-order valence-corrected chi connectivity index (χ4v) is 2.52. The van der Waals surface area contributed by atoms with Gasteiger partial charge in [0.15, 0.2) is 0 Å². The molecule has 1 heteroatoms. The van der Waals surface area contributed by atoms with Gasteiger partial charge in [-0.1, -0.05) is 44.7 Å². The van der Waals surface area contributed by atoms with Crippen molar-refractivity contribution in [3.05, 3.63) is 54.8 Å². The van der Waals surface area contributed by atoms with Gasteiger partial charge < -0.3 is 4.90 Å². The molecule has 0 radical (unpaired) electrons. The van der Waals surface area contributed by atoms with Gasteiger partial charge in [0.05, 0.1) is 0 Å². The molecule has 0 saturated carbocycles. The topological polar surface area (TPSA) is 3.24 Å². The van der Waals surface area contributed by atoms with Crippen LogP contribution in [0.1, 0.15) is 32.3 Å².